The molecular formula is C8H8BrN3OS. The van der Waals surface area contributed by atoms with Crippen LogP contribution in [0.2, 0.25) is 0 Å². The fourth-order valence-corrected chi connectivity index (χ4v) is 1.24. The van der Waals surface area contributed by atoms with Crippen molar-refractivity contribution in [3.8, 4) is 0 Å². The zero-order valence-corrected chi connectivity index (χ0v) is 9.78. The SMILES string of the molecule is CC(=O)NC(=S)Nc1ccc(Br)cn1. The molecule has 0 radical (unpaired) electrons. The number of thiocarbonyl (C=S) groups is 1. The number of hydrogen-bond acceptors (Lipinski definition) is 3. The molecule has 0 spiro atoms. The Morgan fingerprint density at radius 3 is 2.79 bits per heavy atom. The number of carbonyl (C=O) groups is 1. The van der Waals surface area contributed by atoms with Crippen LogP contribution in [-0.4, -0.2) is 16.0 Å². The highest BCUT2D eigenvalue weighted by Crippen LogP contribution is 2.09. The van der Waals surface area contributed by atoms with Gasteiger partial charge in [-0.05, 0) is 40.3 Å². The Bertz CT molecular complexity index is 352. The molecular weight excluding hydrogens is 266 g/mol. The molecule has 1 rings (SSSR count). The third-order valence-electron chi connectivity index (χ3n) is 1.26. The summed E-state index contributed by atoms with van der Waals surface area (Å²) in [6.07, 6.45) is 1.64. The summed E-state index contributed by atoms with van der Waals surface area (Å²) in [5, 5.41) is 5.45. The number of nitrogens with zero attached hydrogens (tertiary/aromatic N) is 1. The summed E-state index contributed by atoms with van der Waals surface area (Å²) in [7, 11) is 0. The van der Waals surface area contributed by atoms with Gasteiger partial charge >= 0.3 is 0 Å². The first-order valence-corrected chi connectivity index (χ1v) is 4.98. The lowest BCUT2D eigenvalue weighted by atomic mass is 10.5. The second kappa shape index (κ2) is 5.02. The van der Waals surface area contributed by atoms with Crippen LogP contribution in [0, 0.1) is 0 Å². The minimum Gasteiger partial charge on any atom is -0.317 e. The van der Waals surface area contributed by atoms with Crippen LogP contribution in [0.3, 0.4) is 0 Å². The molecule has 0 saturated heterocycles. The summed E-state index contributed by atoms with van der Waals surface area (Å²) < 4.78 is 0.883. The van der Waals surface area contributed by atoms with Gasteiger partial charge in [0.25, 0.3) is 0 Å². The molecule has 0 atom stereocenters. The molecule has 0 aliphatic carbocycles. The molecule has 1 heterocycles. The van der Waals surface area contributed by atoms with Crippen molar-refractivity contribution in [3.05, 3.63) is 22.8 Å². The fourth-order valence-electron chi connectivity index (χ4n) is 0.757. The molecule has 0 bridgehead atoms. The van der Waals surface area contributed by atoms with Crippen molar-refractivity contribution in [2.45, 2.75) is 6.92 Å². The van der Waals surface area contributed by atoms with Gasteiger partial charge in [0.2, 0.25) is 5.91 Å². The van der Waals surface area contributed by atoms with E-state index in [1.165, 1.54) is 6.92 Å². The van der Waals surface area contributed by atoms with Crippen LogP contribution in [0.25, 0.3) is 0 Å². The van der Waals surface area contributed by atoms with Crippen molar-refractivity contribution >= 4 is 45.0 Å². The average Bonchev–Trinajstić information content (AvgIpc) is 2.07. The molecule has 1 amide bonds. The van der Waals surface area contributed by atoms with Crippen molar-refractivity contribution in [1.82, 2.24) is 10.3 Å². The number of pyridine rings is 1. The monoisotopic (exact) mass is 273 g/mol. The van der Waals surface area contributed by atoms with E-state index in [4.69, 9.17) is 12.2 Å². The predicted molar refractivity (Wildman–Crippen MR) is 62.0 cm³/mol. The van der Waals surface area contributed by atoms with Crippen molar-refractivity contribution < 1.29 is 4.79 Å². The Morgan fingerprint density at radius 2 is 2.29 bits per heavy atom. The largest absolute Gasteiger partial charge is 0.317 e. The van der Waals surface area contributed by atoms with Crippen LogP contribution in [0.1, 0.15) is 6.92 Å². The molecule has 0 fully saturated rings. The maximum Gasteiger partial charge on any atom is 0.222 e. The molecule has 74 valence electrons. The van der Waals surface area contributed by atoms with E-state index in [9.17, 15) is 4.79 Å². The van der Waals surface area contributed by atoms with E-state index in [1.807, 2.05) is 6.07 Å². The molecule has 0 aliphatic rings. The molecule has 1 aromatic heterocycles. The minimum absolute atomic E-state index is 0.209. The van der Waals surface area contributed by atoms with E-state index >= 15 is 0 Å². The van der Waals surface area contributed by atoms with Gasteiger partial charge in [-0.3, -0.25) is 4.79 Å². The minimum atomic E-state index is -0.209. The predicted octanol–water partition coefficient (Wildman–Crippen LogP) is 1.68. The van der Waals surface area contributed by atoms with Gasteiger partial charge in [0.15, 0.2) is 5.11 Å². The van der Waals surface area contributed by atoms with Gasteiger partial charge in [-0.25, -0.2) is 4.98 Å². The lowest BCUT2D eigenvalue weighted by Gasteiger charge is -2.06. The maximum absolute atomic E-state index is 10.6. The molecule has 0 saturated carbocycles. The number of nitrogens with one attached hydrogen (secondary N) is 2. The van der Waals surface area contributed by atoms with Crippen molar-refractivity contribution in [2.75, 3.05) is 5.32 Å². The summed E-state index contributed by atoms with van der Waals surface area (Å²) in [4.78, 5) is 14.7. The van der Waals surface area contributed by atoms with Crippen molar-refractivity contribution in [3.63, 3.8) is 0 Å². The maximum atomic E-state index is 10.6. The number of anilines is 1. The standard InChI is InChI=1S/C8H8BrN3OS/c1-5(13)11-8(14)12-7-3-2-6(9)4-10-7/h2-4H,1H3,(H2,10,11,12,13,14). The molecule has 6 heteroatoms. The Hall–Kier alpha value is -1.01. The highest BCUT2D eigenvalue weighted by Gasteiger charge is 1.99. The summed E-state index contributed by atoms with van der Waals surface area (Å²) in [5.74, 6) is 0.381. The highest BCUT2D eigenvalue weighted by atomic mass is 79.9. The molecule has 0 aliphatic heterocycles. The lowest BCUT2D eigenvalue weighted by molar-refractivity contribution is -0.117. The first kappa shape index (κ1) is 11.1. The van der Waals surface area contributed by atoms with E-state index in [0.717, 1.165) is 4.47 Å². The topological polar surface area (TPSA) is 54.0 Å². The first-order chi connectivity index (χ1) is 6.58. The normalized spacial score (nSPS) is 9.29. The molecule has 1 aromatic rings. The Kier molecular flexibility index (Phi) is 3.97. The van der Waals surface area contributed by atoms with Gasteiger partial charge in [0.1, 0.15) is 5.82 Å². The van der Waals surface area contributed by atoms with E-state index < -0.39 is 0 Å². The second-order valence-corrected chi connectivity index (χ2v) is 3.82. The average molecular weight is 274 g/mol. The van der Waals surface area contributed by atoms with Gasteiger partial charge in [0, 0.05) is 17.6 Å². The molecule has 14 heavy (non-hydrogen) atoms. The van der Waals surface area contributed by atoms with E-state index in [2.05, 4.69) is 31.5 Å². The summed E-state index contributed by atoms with van der Waals surface area (Å²) in [6, 6.07) is 3.57. The van der Waals surface area contributed by atoms with Gasteiger partial charge < -0.3 is 10.6 Å². The highest BCUT2D eigenvalue weighted by molar-refractivity contribution is 9.10. The van der Waals surface area contributed by atoms with Gasteiger partial charge in [0.05, 0.1) is 0 Å². The van der Waals surface area contributed by atoms with Crippen LogP contribution in [-0.2, 0) is 4.79 Å². The fraction of sp³-hybridized carbons (Fsp3) is 0.125. The third kappa shape index (κ3) is 3.80. The van der Waals surface area contributed by atoms with Gasteiger partial charge in [-0.1, -0.05) is 0 Å². The summed E-state index contributed by atoms with van der Waals surface area (Å²) in [6.45, 7) is 1.39. The Morgan fingerprint density at radius 1 is 1.57 bits per heavy atom. The van der Waals surface area contributed by atoms with E-state index in [1.54, 1.807) is 12.3 Å². The molecule has 2 N–H and O–H groups in total. The summed E-state index contributed by atoms with van der Waals surface area (Å²) >= 11 is 8.11. The number of halogens is 1. The third-order valence-corrected chi connectivity index (χ3v) is 1.93. The van der Waals surface area contributed by atoms with Gasteiger partial charge in [-0.2, -0.15) is 0 Å². The quantitative estimate of drug-likeness (QED) is 0.765. The van der Waals surface area contributed by atoms with E-state index in [0.29, 0.717) is 5.82 Å². The zero-order valence-electron chi connectivity index (χ0n) is 7.37. The van der Waals surface area contributed by atoms with Crippen LogP contribution < -0.4 is 10.6 Å². The molecule has 4 nitrogen and oxygen atoms in total. The number of aromatic nitrogens is 1. The lowest BCUT2D eigenvalue weighted by Crippen LogP contribution is -2.32. The second-order valence-electron chi connectivity index (χ2n) is 2.50. The smallest absolute Gasteiger partial charge is 0.222 e. The number of rotatable bonds is 1. The number of carbonyl (C=O) groups excluding carboxylic acids is 1. The molecule has 0 unspecified atom stereocenters. The first-order valence-electron chi connectivity index (χ1n) is 3.78. The number of amides is 1. The zero-order chi connectivity index (χ0) is 10.6. The van der Waals surface area contributed by atoms with Crippen molar-refractivity contribution in [1.29, 1.82) is 0 Å². The Balaban J connectivity index is 2.56. The van der Waals surface area contributed by atoms with Crippen LogP contribution in [0.15, 0.2) is 22.8 Å². The van der Waals surface area contributed by atoms with Crippen LogP contribution in [0.4, 0.5) is 5.82 Å². The van der Waals surface area contributed by atoms with Crippen molar-refractivity contribution in [2.24, 2.45) is 0 Å². The Labute approximate surface area is 95.2 Å². The van der Waals surface area contributed by atoms with Crippen LogP contribution >= 0.6 is 28.1 Å². The van der Waals surface area contributed by atoms with Crippen LogP contribution in [0.5, 0.6) is 0 Å². The van der Waals surface area contributed by atoms with E-state index in [-0.39, 0.29) is 11.0 Å². The molecule has 0 aromatic carbocycles. The van der Waals surface area contributed by atoms with Gasteiger partial charge in [-0.15, -0.1) is 0 Å². The summed E-state index contributed by atoms with van der Waals surface area (Å²) in [5.41, 5.74) is 0. The number of hydrogen-bond donors (Lipinski definition) is 2.